The molecule has 2 saturated heterocycles. The zero-order valence-electron chi connectivity index (χ0n) is 14.3. The Hall–Kier alpha value is -1.63. The van der Waals surface area contributed by atoms with Gasteiger partial charge in [0, 0.05) is 56.3 Å². The summed E-state index contributed by atoms with van der Waals surface area (Å²) < 4.78 is 19.2. The van der Waals surface area contributed by atoms with Gasteiger partial charge in [0.1, 0.15) is 11.4 Å². The number of aryl methyl sites for hydroxylation is 1. The van der Waals surface area contributed by atoms with Gasteiger partial charge in [0.25, 0.3) is 5.91 Å². The van der Waals surface area contributed by atoms with Crippen LogP contribution in [0.1, 0.15) is 22.5 Å². The zero-order valence-corrected chi connectivity index (χ0v) is 15.1. The highest BCUT2D eigenvalue weighted by Gasteiger charge is 2.33. The van der Waals surface area contributed by atoms with Crippen molar-refractivity contribution in [3.8, 4) is 0 Å². The summed E-state index contributed by atoms with van der Waals surface area (Å²) in [5.74, 6) is -0.0522. The molecule has 2 aliphatic rings. The average Bonchev–Trinajstić information content (AvgIpc) is 3.21. The summed E-state index contributed by atoms with van der Waals surface area (Å²) in [6.45, 7) is 7.41. The summed E-state index contributed by atoms with van der Waals surface area (Å²) in [7, 11) is 0. The quantitative estimate of drug-likeness (QED) is 0.885. The first-order valence-corrected chi connectivity index (χ1v) is 8.56. The molecular weight excluding hydrogens is 345 g/mol. The molecule has 1 amide bonds. The van der Waals surface area contributed by atoms with Crippen molar-refractivity contribution in [2.45, 2.75) is 19.4 Å². The van der Waals surface area contributed by atoms with Crippen LogP contribution in [0.3, 0.4) is 0 Å². The molecule has 0 bridgehead atoms. The smallest absolute Gasteiger partial charge is 0.289 e. The number of amides is 1. The van der Waals surface area contributed by atoms with E-state index in [4.69, 9.17) is 4.42 Å². The van der Waals surface area contributed by atoms with Crippen molar-refractivity contribution < 1.29 is 13.6 Å². The lowest BCUT2D eigenvalue weighted by molar-refractivity contribution is 0.0743. The van der Waals surface area contributed by atoms with Crippen LogP contribution in [0, 0.1) is 12.7 Å². The van der Waals surface area contributed by atoms with E-state index in [-0.39, 0.29) is 24.1 Å². The van der Waals surface area contributed by atoms with Gasteiger partial charge >= 0.3 is 0 Å². The molecule has 0 saturated carbocycles. The summed E-state index contributed by atoms with van der Waals surface area (Å²) in [5, 5.41) is 4.03. The first kappa shape index (κ1) is 18.2. The van der Waals surface area contributed by atoms with Gasteiger partial charge in [0.05, 0.1) is 0 Å². The normalized spacial score (nSPS) is 21.5. The van der Waals surface area contributed by atoms with Crippen molar-refractivity contribution in [1.82, 2.24) is 15.1 Å². The highest BCUT2D eigenvalue weighted by atomic mass is 35.5. The third-order valence-electron chi connectivity index (χ3n) is 5.21. The second-order valence-electron chi connectivity index (χ2n) is 6.68. The van der Waals surface area contributed by atoms with Gasteiger partial charge in [-0.05, 0) is 31.5 Å². The van der Waals surface area contributed by atoms with E-state index >= 15 is 0 Å². The van der Waals surface area contributed by atoms with E-state index in [2.05, 4.69) is 10.2 Å². The molecular formula is C18H23ClFN3O2. The summed E-state index contributed by atoms with van der Waals surface area (Å²) in [6, 6.07) is 4.80. The van der Waals surface area contributed by atoms with Crippen LogP contribution in [0.5, 0.6) is 0 Å². The maximum absolute atomic E-state index is 13.4. The van der Waals surface area contributed by atoms with Gasteiger partial charge in [-0.2, -0.15) is 0 Å². The van der Waals surface area contributed by atoms with Crippen LogP contribution in [0.2, 0.25) is 0 Å². The van der Waals surface area contributed by atoms with Gasteiger partial charge in [-0.3, -0.25) is 9.69 Å². The number of rotatable bonds is 2. The third-order valence-corrected chi connectivity index (χ3v) is 5.21. The number of likely N-dealkylation sites (tertiary alicyclic amines) is 1. The van der Waals surface area contributed by atoms with Crippen molar-refractivity contribution in [3.05, 3.63) is 35.3 Å². The van der Waals surface area contributed by atoms with Gasteiger partial charge < -0.3 is 14.6 Å². The number of benzene rings is 1. The van der Waals surface area contributed by atoms with Gasteiger partial charge in [-0.15, -0.1) is 12.4 Å². The van der Waals surface area contributed by atoms with E-state index < -0.39 is 0 Å². The Morgan fingerprint density at radius 1 is 1.28 bits per heavy atom. The monoisotopic (exact) mass is 367 g/mol. The third kappa shape index (κ3) is 3.38. The number of nitrogens with zero attached hydrogens (tertiary/aromatic N) is 2. The summed E-state index contributed by atoms with van der Waals surface area (Å²) in [5.41, 5.74) is 1.29. The predicted molar refractivity (Wildman–Crippen MR) is 96.9 cm³/mol. The summed E-state index contributed by atoms with van der Waals surface area (Å²) in [6.07, 6.45) is 1.000. The van der Waals surface area contributed by atoms with Crippen molar-refractivity contribution in [3.63, 3.8) is 0 Å². The molecule has 1 N–H and O–H groups in total. The topological polar surface area (TPSA) is 48.7 Å². The minimum absolute atomic E-state index is 0. The molecule has 2 aromatic rings. The molecule has 1 aromatic heterocycles. The first-order valence-electron chi connectivity index (χ1n) is 8.56. The Morgan fingerprint density at radius 2 is 2.04 bits per heavy atom. The molecule has 2 aliphatic heterocycles. The van der Waals surface area contributed by atoms with E-state index in [1.165, 1.54) is 12.1 Å². The highest BCUT2D eigenvalue weighted by molar-refractivity contribution is 5.99. The molecule has 1 unspecified atom stereocenters. The second kappa shape index (κ2) is 7.32. The number of fused-ring (bicyclic) bond motifs is 1. The van der Waals surface area contributed by atoms with Crippen LogP contribution < -0.4 is 5.32 Å². The van der Waals surface area contributed by atoms with Crippen LogP contribution in [-0.2, 0) is 0 Å². The molecule has 2 fully saturated rings. The lowest BCUT2D eigenvalue weighted by Gasteiger charge is -2.32. The second-order valence-corrected chi connectivity index (χ2v) is 6.68. The number of furan rings is 1. The SMILES string of the molecule is Cc1c(C(=O)N2CCC(N3CCNCC3)C2)oc2ccc(F)cc12.Cl. The molecule has 25 heavy (non-hydrogen) atoms. The van der Waals surface area contributed by atoms with Crippen molar-refractivity contribution in [2.75, 3.05) is 39.3 Å². The van der Waals surface area contributed by atoms with Crippen LogP contribution in [0.15, 0.2) is 22.6 Å². The molecule has 5 nitrogen and oxygen atoms in total. The van der Waals surface area contributed by atoms with E-state index in [0.717, 1.165) is 51.3 Å². The highest BCUT2D eigenvalue weighted by Crippen LogP contribution is 2.28. The van der Waals surface area contributed by atoms with Crippen LogP contribution >= 0.6 is 12.4 Å². The van der Waals surface area contributed by atoms with E-state index in [9.17, 15) is 9.18 Å². The summed E-state index contributed by atoms with van der Waals surface area (Å²) >= 11 is 0. The van der Waals surface area contributed by atoms with Gasteiger partial charge in [0.15, 0.2) is 5.76 Å². The molecule has 0 aliphatic carbocycles. The number of carbonyl (C=O) groups is 1. The summed E-state index contributed by atoms with van der Waals surface area (Å²) in [4.78, 5) is 17.2. The van der Waals surface area contributed by atoms with Crippen molar-refractivity contribution in [2.24, 2.45) is 0 Å². The molecule has 1 aromatic carbocycles. The van der Waals surface area contributed by atoms with Crippen LogP contribution in [0.4, 0.5) is 4.39 Å². The number of halogens is 2. The minimum atomic E-state index is -0.314. The Bertz CT molecular complexity index is 773. The molecule has 0 spiro atoms. The minimum Gasteiger partial charge on any atom is -0.451 e. The Balaban J connectivity index is 0.00000182. The molecule has 1 atom stereocenters. The molecule has 0 radical (unpaired) electrons. The predicted octanol–water partition coefficient (Wildman–Crippen LogP) is 2.42. The number of hydrogen-bond donors (Lipinski definition) is 1. The Kier molecular flexibility index (Phi) is 5.32. The van der Waals surface area contributed by atoms with E-state index in [1.807, 2.05) is 11.8 Å². The lowest BCUT2D eigenvalue weighted by atomic mass is 10.1. The number of piperazine rings is 1. The number of nitrogens with one attached hydrogen (secondary N) is 1. The maximum atomic E-state index is 13.4. The van der Waals surface area contributed by atoms with Crippen LogP contribution in [-0.4, -0.2) is 61.0 Å². The van der Waals surface area contributed by atoms with Gasteiger partial charge in [-0.1, -0.05) is 0 Å². The molecule has 7 heteroatoms. The maximum Gasteiger partial charge on any atom is 0.289 e. The first-order chi connectivity index (χ1) is 11.6. The fourth-order valence-electron chi connectivity index (χ4n) is 3.81. The van der Waals surface area contributed by atoms with Gasteiger partial charge in [-0.25, -0.2) is 4.39 Å². The standard InChI is InChI=1S/C18H22FN3O2.ClH/c1-12-15-10-13(19)2-3-16(15)24-17(12)18(23)22-7-4-14(11-22)21-8-5-20-6-9-21;/h2-3,10,14,20H,4-9,11H2,1H3;1H. The fraction of sp³-hybridized carbons (Fsp3) is 0.500. The van der Waals surface area contributed by atoms with Crippen LogP contribution in [0.25, 0.3) is 11.0 Å². The number of hydrogen-bond acceptors (Lipinski definition) is 4. The zero-order chi connectivity index (χ0) is 16.7. The van der Waals surface area contributed by atoms with E-state index in [0.29, 0.717) is 22.8 Å². The Labute approximate surface area is 152 Å². The van der Waals surface area contributed by atoms with E-state index in [1.54, 1.807) is 6.07 Å². The largest absolute Gasteiger partial charge is 0.451 e. The average molecular weight is 368 g/mol. The lowest BCUT2D eigenvalue weighted by Crippen LogP contribution is -2.49. The van der Waals surface area contributed by atoms with Crippen molar-refractivity contribution in [1.29, 1.82) is 0 Å². The van der Waals surface area contributed by atoms with Gasteiger partial charge in [0.2, 0.25) is 0 Å². The molecule has 3 heterocycles. The fourth-order valence-corrected chi connectivity index (χ4v) is 3.81. The van der Waals surface area contributed by atoms with Crippen molar-refractivity contribution >= 4 is 29.3 Å². The Morgan fingerprint density at radius 3 is 2.80 bits per heavy atom. The molecule has 136 valence electrons. The number of carbonyl (C=O) groups excluding carboxylic acids is 1. The molecule has 4 rings (SSSR count).